The molecule has 10 heteroatoms. The van der Waals surface area contributed by atoms with E-state index in [1.165, 1.54) is 6.39 Å². The molecule has 3 heterocycles. The topological polar surface area (TPSA) is 158 Å². The van der Waals surface area contributed by atoms with Crippen molar-refractivity contribution in [3.05, 3.63) is 30.3 Å². The van der Waals surface area contributed by atoms with Gasteiger partial charge in [-0.25, -0.2) is 0 Å². The van der Waals surface area contributed by atoms with Gasteiger partial charge >= 0.3 is 0 Å². The molecule has 5 N–H and O–H groups in total. The first-order valence-corrected chi connectivity index (χ1v) is 8.14. The van der Waals surface area contributed by atoms with E-state index in [4.69, 9.17) is 9.15 Å². The van der Waals surface area contributed by atoms with Crippen molar-refractivity contribution in [2.45, 2.75) is 30.5 Å². The molecule has 1 aliphatic rings. The highest BCUT2D eigenvalue weighted by molar-refractivity contribution is 5.88. The molecular weight excluding hydrogens is 356 g/mol. The van der Waals surface area contributed by atoms with Gasteiger partial charge in [0.25, 0.3) is 0 Å². The van der Waals surface area contributed by atoms with Gasteiger partial charge in [0.1, 0.15) is 30.5 Å². The standard InChI is InChI=1S/C17H16N4O6/c22-6-12-15(24)16(25)14(23)11(27-12)2-1-8-3-9(17-21-19-7-26-17)4-10-5-18-20-13(8)10/h3-5,7,11-12,14-16,22-25H,6H2,(H,18,20)/t11-,12-,14-,15-,16-/m1/s1. The number of fused-ring (bicyclic) bond motifs is 1. The molecule has 4 rings (SSSR count). The second kappa shape index (κ2) is 7.07. The minimum atomic E-state index is -1.48. The molecule has 27 heavy (non-hydrogen) atoms. The Kier molecular flexibility index (Phi) is 4.61. The van der Waals surface area contributed by atoms with E-state index in [9.17, 15) is 20.4 Å². The number of aromatic amines is 1. The van der Waals surface area contributed by atoms with Crippen molar-refractivity contribution in [2.75, 3.05) is 6.61 Å². The van der Waals surface area contributed by atoms with Crippen molar-refractivity contribution < 1.29 is 29.6 Å². The van der Waals surface area contributed by atoms with Gasteiger partial charge in [-0.2, -0.15) is 5.10 Å². The molecule has 0 radical (unpaired) electrons. The van der Waals surface area contributed by atoms with E-state index in [2.05, 4.69) is 32.2 Å². The molecule has 0 saturated carbocycles. The number of aliphatic hydroxyl groups excluding tert-OH is 4. The van der Waals surface area contributed by atoms with Crippen LogP contribution in [-0.2, 0) is 4.74 Å². The van der Waals surface area contributed by atoms with E-state index in [0.717, 1.165) is 5.39 Å². The maximum absolute atomic E-state index is 10.1. The van der Waals surface area contributed by atoms with E-state index >= 15 is 0 Å². The van der Waals surface area contributed by atoms with Crippen molar-refractivity contribution in [3.63, 3.8) is 0 Å². The number of H-pyrrole nitrogens is 1. The van der Waals surface area contributed by atoms with E-state index in [1.54, 1.807) is 12.3 Å². The number of ether oxygens (including phenoxy) is 1. The van der Waals surface area contributed by atoms with Crippen molar-refractivity contribution in [1.29, 1.82) is 0 Å². The number of hydrogen-bond donors (Lipinski definition) is 5. The largest absolute Gasteiger partial charge is 0.423 e. The van der Waals surface area contributed by atoms with Crippen LogP contribution in [0, 0.1) is 11.8 Å². The summed E-state index contributed by atoms with van der Waals surface area (Å²) in [5.74, 6) is 5.94. The summed E-state index contributed by atoms with van der Waals surface area (Å²) in [6.45, 7) is -0.513. The number of nitrogens with zero attached hydrogens (tertiary/aromatic N) is 3. The molecule has 5 atom stereocenters. The highest BCUT2D eigenvalue weighted by Crippen LogP contribution is 2.25. The fraction of sp³-hybridized carbons (Fsp3) is 0.353. The number of rotatable bonds is 2. The van der Waals surface area contributed by atoms with Gasteiger partial charge in [0.15, 0.2) is 0 Å². The van der Waals surface area contributed by atoms with E-state index in [1.807, 2.05) is 6.07 Å². The van der Waals surface area contributed by atoms with Crippen LogP contribution >= 0.6 is 0 Å². The van der Waals surface area contributed by atoms with Gasteiger partial charge in [-0.05, 0) is 12.1 Å². The van der Waals surface area contributed by atoms with E-state index in [-0.39, 0.29) is 0 Å². The molecule has 1 fully saturated rings. The number of benzene rings is 1. The minimum Gasteiger partial charge on any atom is -0.423 e. The van der Waals surface area contributed by atoms with Gasteiger partial charge in [0, 0.05) is 10.9 Å². The lowest BCUT2D eigenvalue weighted by Crippen LogP contribution is -2.58. The first-order chi connectivity index (χ1) is 13.1. The molecule has 2 aromatic heterocycles. The Labute approximate surface area is 152 Å². The SMILES string of the molecule is OC[C@H]1O[C@H](C#Cc2cc(-c3nnco3)cc3cn[nH]c23)[C@@H](O)[C@@H](O)[C@@H]1O. The Morgan fingerprint density at radius 1 is 1.15 bits per heavy atom. The average Bonchev–Trinajstić information content (AvgIpc) is 3.36. The van der Waals surface area contributed by atoms with Crippen molar-refractivity contribution in [3.8, 4) is 23.3 Å². The van der Waals surface area contributed by atoms with Crippen molar-refractivity contribution >= 4 is 10.9 Å². The molecule has 140 valence electrons. The highest BCUT2D eigenvalue weighted by atomic mass is 16.5. The Hall–Kier alpha value is -2.81. The Balaban J connectivity index is 1.71. The van der Waals surface area contributed by atoms with Crippen molar-refractivity contribution in [2.24, 2.45) is 0 Å². The van der Waals surface area contributed by atoms with Gasteiger partial charge in [0.2, 0.25) is 12.3 Å². The van der Waals surface area contributed by atoms with Crippen LogP contribution < -0.4 is 0 Å². The zero-order valence-corrected chi connectivity index (χ0v) is 13.9. The smallest absolute Gasteiger partial charge is 0.247 e. The fourth-order valence-electron chi connectivity index (χ4n) is 2.95. The zero-order valence-electron chi connectivity index (χ0n) is 13.9. The van der Waals surface area contributed by atoms with Crippen molar-refractivity contribution in [1.82, 2.24) is 20.4 Å². The summed E-state index contributed by atoms with van der Waals surface area (Å²) >= 11 is 0. The minimum absolute atomic E-state index is 0.314. The summed E-state index contributed by atoms with van der Waals surface area (Å²) in [4.78, 5) is 0. The first-order valence-electron chi connectivity index (χ1n) is 8.14. The molecular formula is C17H16N4O6. The summed E-state index contributed by atoms with van der Waals surface area (Å²) in [6.07, 6.45) is -3.60. The van der Waals surface area contributed by atoms with Gasteiger partial charge in [-0.15, -0.1) is 10.2 Å². The quantitative estimate of drug-likeness (QED) is 0.349. The maximum atomic E-state index is 10.1. The lowest BCUT2D eigenvalue weighted by molar-refractivity contribution is -0.214. The van der Waals surface area contributed by atoms with Crippen LogP contribution in [-0.4, -0.2) is 77.9 Å². The molecule has 3 aromatic rings. The Morgan fingerprint density at radius 2 is 2.00 bits per heavy atom. The maximum Gasteiger partial charge on any atom is 0.247 e. The number of nitrogens with one attached hydrogen (secondary N) is 1. The van der Waals surface area contributed by atoms with Gasteiger partial charge in [0.05, 0.1) is 23.9 Å². The monoisotopic (exact) mass is 372 g/mol. The van der Waals surface area contributed by atoms with E-state index in [0.29, 0.717) is 22.5 Å². The second-order valence-electron chi connectivity index (χ2n) is 6.12. The first kappa shape index (κ1) is 17.6. The average molecular weight is 372 g/mol. The fourth-order valence-corrected chi connectivity index (χ4v) is 2.95. The van der Waals surface area contributed by atoms with Crippen LogP contribution in [0.2, 0.25) is 0 Å². The summed E-state index contributed by atoms with van der Waals surface area (Å²) in [5, 5.41) is 54.2. The predicted molar refractivity (Wildman–Crippen MR) is 90.0 cm³/mol. The van der Waals surface area contributed by atoms with Crippen LogP contribution in [0.4, 0.5) is 0 Å². The van der Waals surface area contributed by atoms with Crippen LogP contribution in [0.15, 0.2) is 29.1 Å². The zero-order chi connectivity index (χ0) is 19.0. The normalized spacial score (nSPS) is 28.1. The molecule has 1 saturated heterocycles. The summed E-state index contributed by atoms with van der Waals surface area (Å²) in [7, 11) is 0. The summed E-state index contributed by atoms with van der Waals surface area (Å²) in [6, 6.07) is 3.52. The van der Waals surface area contributed by atoms with Crippen LogP contribution in [0.1, 0.15) is 5.56 Å². The molecule has 0 unspecified atom stereocenters. The van der Waals surface area contributed by atoms with Gasteiger partial charge in [-0.3, -0.25) is 5.10 Å². The Bertz CT molecular complexity index is 990. The van der Waals surface area contributed by atoms with Gasteiger partial charge < -0.3 is 29.6 Å². The molecule has 0 bridgehead atoms. The highest BCUT2D eigenvalue weighted by Gasteiger charge is 2.42. The third-order valence-corrected chi connectivity index (χ3v) is 4.40. The molecule has 0 spiro atoms. The Morgan fingerprint density at radius 3 is 2.74 bits per heavy atom. The van der Waals surface area contributed by atoms with E-state index < -0.39 is 37.1 Å². The van der Waals surface area contributed by atoms with Crippen LogP contribution in [0.3, 0.4) is 0 Å². The second-order valence-corrected chi connectivity index (χ2v) is 6.12. The number of hydrogen-bond acceptors (Lipinski definition) is 9. The summed E-state index contributed by atoms with van der Waals surface area (Å²) < 4.78 is 10.6. The molecule has 10 nitrogen and oxygen atoms in total. The predicted octanol–water partition coefficient (Wildman–Crippen LogP) is -1.19. The molecule has 0 aliphatic carbocycles. The lowest BCUT2D eigenvalue weighted by atomic mass is 9.95. The number of aliphatic hydroxyl groups is 4. The summed E-state index contributed by atoms with van der Waals surface area (Å²) in [5.41, 5.74) is 1.84. The molecule has 0 amide bonds. The third kappa shape index (κ3) is 3.18. The lowest BCUT2D eigenvalue weighted by Gasteiger charge is -2.37. The molecule has 1 aromatic carbocycles. The van der Waals surface area contributed by atoms with Crippen LogP contribution in [0.5, 0.6) is 0 Å². The van der Waals surface area contributed by atoms with Gasteiger partial charge in [-0.1, -0.05) is 11.8 Å². The third-order valence-electron chi connectivity index (χ3n) is 4.40. The van der Waals surface area contributed by atoms with Crippen LogP contribution in [0.25, 0.3) is 22.4 Å². The molecule has 1 aliphatic heterocycles. The number of aromatic nitrogens is 4.